The Bertz CT molecular complexity index is 273. The molecule has 0 saturated carbocycles. The van der Waals surface area contributed by atoms with Gasteiger partial charge in [-0.1, -0.05) is 6.92 Å². The van der Waals surface area contributed by atoms with Crippen molar-refractivity contribution in [1.82, 2.24) is 15.2 Å². The smallest absolute Gasteiger partial charge is 0.0382 e. The molecule has 0 fully saturated rings. The van der Waals surface area contributed by atoms with E-state index in [2.05, 4.69) is 51.2 Å². The standard InChI is InChI=1S/C11H20BrN3/c1-3-4-13-5-6-15(2)9-11-7-10(12)8-14-11/h7-8,13-14H,3-6,9H2,1-2H3. The van der Waals surface area contributed by atoms with Crippen LogP contribution in [0.25, 0.3) is 0 Å². The van der Waals surface area contributed by atoms with Crippen LogP contribution in [0.15, 0.2) is 16.7 Å². The molecule has 0 atom stereocenters. The minimum absolute atomic E-state index is 0.972. The van der Waals surface area contributed by atoms with Gasteiger partial charge < -0.3 is 10.3 Å². The van der Waals surface area contributed by atoms with Crippen LogP contribution in [0.2, 0.25) is 0 Å². The lowest BCUT2D eigenvalue weighted by atomic mass is 10.4. The van der Waals surface area contributed by atoms with E-state index in [9.17, 15) is 0 Å². The second-order valence-electron chi connectivity index (χ2n) is 3.83. The summed E-state index contributed by atoms with van der Waals surface area (Å²) in [5.41, 5.74) is 1.25. The fourth-order valence-corrected chi connectivity index (χ4v) is 1.84. The van der Waals surface area contributed by atoms with Gasteiger partial charge in [0.15, 0.2) is 0 Å². The van der Waals surface area contributed by atoms with Crippen molar-refractivity contribution in [2.75, 3.05) is 26.7 Å². The molecule has 0 aliphatic rings. The van der Waals surface area contributed by atoms with E-state index >= 15 is 0 Å². The fraction of sp³-hybridized carbons (Fsp3) is 0.636. The topological polar surface area (TPSA) is 31.1 Å². The van der Waals surface area contributed by atoms with Crippen LogP contribution in [0.1, 0.15) is 19.0 Å². The third-order valence-corrected chi connectivity index (χ3v) is 2.70. The zero-order valence-corrected chi connectivity index (χ0v) is 11.1. The van der Waals surface area contributed by atoms with Gasteiger partial charge in [-0.25, -0.2) is 0 Å². The monoisotopic (exact) mass is 273 g/mol. The average molecular weight is 274 g/mol. The summed E-state index contributed by atoms with van der Waals surface area (Å²) in [5, 5.41) is 3.40. The highest BCUT2D eigenvalue weighted by atomic mass is 79.9. The lowest BCUT2D eigenvalue weighted by molar-refractivity contribution is 0.321. The highest BCUT2D eigenvalue weighted by Gasteiger charge is 2.01. The van der Waals surface area contributed by atoms with Crippen molar-refractivity contribution in [2.45, 2.75) is 19.9 Å². The molecule has 0 amide bonds. The van der Waals surface area contributed by atoms with Crippen LogP contribution in [0.3, 0.4) is 0 Å². The van der Waals surface area contributed by atoms with E-state index in [0.717, 1.165) is 30.7 Å². The number of aromatic amines is 1. The average Bonchev–Trinajstić information content (AvgIpc) is 2.59. The summed E-state index contributed by atoms with van der Waals surface area (Å²) in [6, 6.07) is 2.12. The van der Waals surface area contributed by atoms with Crippen molar-refractivity contribution in [3.05, 3.63) is 22.4 Å². The first kappa shape index (κ1) is 12.7. The molecule has 0 bridgehead atoms. The summed E-state index contributed by atoms with van der Waals surface area (Å²) >= 11 is 3.43. The van der Waals surface area contributed by atoms with E-state index < -0.39 is 0 Å². The second-order valence-corrected chi connectivity index (χ2v) is 4.75. The van der Waals surface area contributed by atoms with E-state index in [-0.39, 0.29) is 0 Å². The highest BCUT2D eigenvalue weighted by molar-refractivity contribution is 9.10. The number of hydrogen-bond donors (Lipinski definition) is 2. The Balaban J connectivity index is 2.15. The number of halogens is 1. The molecule has 0 saturated heterocycles. The quantitative estimate of drug-likeness (QED) is 0.747. The van der Waals surface area contributed by atoms with Crippen molar-refractivity contribution in [3.8, 4) is 0 Å². The Kier molecular flexibility index (Phi) is 5.98. The van der Waals surface area contributed by atoms with Gasteiger partial charge in [0.2, 0.25) is 0 Å². The number of nitrogens with one attached hydrogen (secondary N) is 2. The van der Waals surface area contributed by atoms with E-state index in [0.29, 0.717) is 0 Å². The number of H-pyrrole nitrogens is 1. The first-order valence-corrected chi connectivity index (χ1v) is 6.23. The van der Waals surface area contributed by atoms with Crippen LogP contribution in [0.5, 0.6) is 0 Å². The summed E-state index contributed by atoms with van der Waals surface area (Å²) in [6.45, 7) is 6.41. The molecule has 0 radical (unpaired) electrons. The molecule has 0 aliphatic carbocycles. The molecule has 86 valence electrons. The minimum Gasteiger partial charge on any atom is -0.363 e. The van der Waals surface area contributed by atoms with Crippen LogP contribution in [0, 0.1) is 0 Å². The highest BCUT2D eigenvalue weighted by Crippen LogP contribution is 2.11. The van der Waals surface area contributed by atoms with Gasteiger partial charge in [0.05, 0.1) is 0 Å². The molecule has 1 aromatic rings. The second kappa shape index (κ2) is 7.04. The van der Waals surface area contributed by atoms with E-state index in [1.54, 1.807) is 0 Å². The number of likely N-dealkylation sites (N-methyl/N-ethyl adjacent to an activating group) is 1. The van der Waals surface area contributed by atoms with Crippen LogP contribution in [-0.2, 0) is 6.54 Å². The Morgan fingerprint density at radius 3 is 2.87 bits per heavy atom. The fourth-order valence-electron chi connectivity index (χ4n) is 1.44. The van der Waals surface area contributed by atoms with E-state index in [4.69, 9.17) is 0 Å². The zero-order chi connectivity index (χ0) is 11.1. The van der Waals surface area contributed by atoms with Crippen molar-refractivity contribution in [1.29, 1.82) is 0 Å². The summed E-state index contributed by atoms with van der Waals surface area (Å²) < 4.78 is 1.12. The molecule has 2 N–H and O–H groups in total. The van der Waals surface area contributed by atoms with E-state index in [1.165, 1.54) is 12.1 Å². The molecule has 4 heteroatoms. The van der Waals surface area contributed by atoms with Crippen molar-refractivity contribution in [2.24, 2.45) is 0 Å². The molecule has 15 heavy (non-hydrogen) atoms. The third-order valence-electron chi connectivity index (χ3n) is 2.24. The van der Waals surface area contributed by atoms with Gasteiger partial charge in [0.1, 0.15) is 0 Å². The molecular weight excluding hydrogens is 254 g/mol. The maximum atomic E-state index is 3.43. The van der Waals surface area contributed by atoms with Gasteiger partial charge in [-0.3, -0.25) is 4.90 Å². The minimum atomic E-state index is 0.972. The van der Waals surface area contributed by atoms with Crippen LogP contribution >= 0.6 is 15.9 Å². The van der Waals surface area contributed by atoms with Crippen LogP contribution in [-0.4, -0.2) is 36.6 Å². The molecule has 0 aromatic carbocycles. The summed E-state index contributed by atoms with van der Waals surface area (Å²) in [5.74, 6) is 0. The number of nitrogens with zero attached hydrogens (tertiary/aromatic N) is 1. The van der Waals surface area contributed by atoms with Crippen LogP contribution < -0.4 is 5.32 Å². The first-order chi connectivity index (χ1) is 7.22. The molecule has 0 unspecified atom stereocenters. The first-order valence-electron chi connectivity index (χ1n) is 5.44. The lowest BCUT2D eigenvalue weighted by Gasteiger charge is -2.15. The van der Waals surface area contributed by atoms with Gasteiger partial charge in [-0.05, 0) is 42.0 Å². The van der Waals surface area contributed by atoms with Crippen LogP contribution in [0.4, 0.5) is 0 Å². The number of hydrogen-bond acceptors (Lipinski definition) is 2. The Morgan fingerprint density at radius 1 is 1.47 bits per heavy atom. The molecule has 1 rings (SSSR count). The maximum absolute atomic E-state index is 3.43. The van der Waals surface area contributed by atoms with Gasteiger partial charge in [0.25, 0.3) is 0 Å². The molecule has 0 aliphatic heterocycles. The summed E-state index contributed by atoms with van der Waals surface area (Å²) in [7, 11) is 2.14. The summed E-state index contributed by atoms with van der Waals surface area (Å²) in [4.78, 5) is 5.54. The maximum Gasteiger partial charge on any atom is 0.0382 e. The molecular formula is C11H20BrN3. The predicted octanol–water partition coefficient (Wildman–Crippen LogP) is 2.21. The molecule has 3 nitrogen and oxygen atoms in total. The third kappa shape index (κ3) is 5.35. The zero-order valence-electron chi connectivity index (χ0n) is 9.52. The Morgan fingerprint density at radius 2 is 2.27 bits per heavy atom. The lowest BCUT2D eigenvalue weighted by Crippen LogP contribution is -2.29. The van der Waals surface area contributed by atoms with Crippen molar-refractivity contribution < 1.29 is 0 Å². The Labute approximate surface area is 100 Å². The van der Waals surface area contributed by atoms with Gasteiger partial charge in [-0.15, -0.1) is 0 Å². The predicted molar refractivity (Wildman–Crippen MR) is 68.0 cm³/mol. The summed E-state index contributed by atoms with van der Waals surface area (Å²) in [6.07, 6.45) is 3.17. The Hall–Kier alpha value is -0.320. The van der Waals surface area contributed by atoms with Gasteiger partial charge in [0, 0.05) is 36.0 Å². The van der Waals surface area contributed by atoms with Crippen molar-refractivity contribution >= 4 is 15.9 Å². The normalized spacial score (nSPS) is 11.2. The number of rotatable bonds is 7. The van der Waals surface area contributed by atoms with Crippen molar-refractivity contribution in [3.63, 3.8) is 0 Å². The molecule has 0 spiro atoms. The molecule has 1 heterocycles. The molecule has 1 aromatic heterocycles. The van der Waals surface area contributed by atoms with Gasteiger partial charge >= 0.3 is 0 Å². The van der Waals surface area contributed by atoms with E-state index in [1.807, 2.05) is 6.20 Å². The largest absolute Gasteiger partial charge is 0.363 e. The van der Waals surface area contributed by atoms with Gasteiger partial charge in [-0.2, -0.15) is 0 Å². The number of aromatic nitrogens is 1. The SMILES string of the molecule is CCCNCCN(C)Cc1cc(Br)c[nH]1.